The number of aliphatic carboxylic acids is 3. The first kappa shape index (κ1) is 29.3. The maximum Gasteiger partial charge on any atom is 0.490 e. The molecule has 1 aliphatic rings. The molecule has 0 spiro atoms. The number of carboxylic acid groups (broad SMARTS) is 3. The van der Waals surface area contributed by atoms with Gasteiger partial charge in [-0.05, 0) is 42.5 Å². The second-order valence-corrected chi connectivity index (χ2v) is 8.40. The third-order valence-corrected chi connectivity index (χ3v) is 5.57. The number of rotatable bonds is 9. The zero-order valence-electron chi connectivity index (χ0n) is 19.6. The number of hydrogen-bond donors (Lipinski definition) is 4. The molecule has 2 aromatic carbocycles. The Balaban J connectivity index is 0.000000604. The van der Waals surface area contributed by atoms with E-state index >= 15 is 0 Å². The van der Waals surface area contributed by atoms with Crippen molar-refractivity contribution in [3.63, 3.8) is 0 Å². The van der Waals surface area contributed by atoms with Crippen molar-refractivity contribution in [3.8, 4) is 11.1 Å². The molecule has 9 nitrogen and oxygen atoms in total. The predicted molar refractivity (Wildman–Crippen MR) is 126 cm³/mol. The summed E-state index contributed by atoms with van der Waals surface area (Å²) in [5, 5.41) is 28.4. The van der Waals surface area contributed by atoms with E-state index in [-0.39, 0.29) is 18.9 Å². The molecular weight excluding hydrogens is 497 g/mol. The highest BCUT2D eigenvalue weighted by molar-refractivity contribution is 5.81. The molecule has 3 rings (SSSR count). The lowest BCUT2D eigenvalue weighted by atomic mass is 9.99. The summed E-state index contributed by atoms with van der Waals surface area (Å²) in [5.41, 5.74) is 3.08. The highest BCUT2D eigenvalue weighted by Crippen LogP contribution is 2.20. The lowest BCUT2D eigenvalue weighted by Gasteiger charge is -2.23. The summed E-state index contributed by atoms with van der Waals surface area (Å²) in [7, 11) is 0. The van der Waals surface area contributed by atoms with Gasteiger partial charge in [0.25, 0.3) is 0 Å². The van der Waals surface area contributed by atoms with Crippen LogP contribution in [0.1, 0.15) is 24.8 Å². The maximum absolute atomic E-state index is 12.4. The molecule has 2 aromatic rings. The van der Waals surface area contributed by atoms with Crippen LogP contribution < -0.4 is 5.32 Å². The molecule has 0 unspecified atom stereocenters. The van der Waals surface area contributed by atoms with Gasteiger partial charge in [0, 0.05) is 6.04 Å². The molecule has 12 heteroatoms. The number of likely N-dealkylation sites (tertiary alicyclic amines) is 1. The fourth-order valence-corrected chi connectivity index (χ4v) is 3.89. The quantitative estimate of drug-likeness (QED) is 0.392. The van der Waals surface area contributed by atoms with Gasteiger partial charge in [-0.25, -0.2) is 4.79 Å². The largest absolute Gasteiger partial charge is 0.490 e. The lowest BCUT2D eigenvalue weighted by molar-refractivity contribution is -0.192. The van der Waals surface area contributed by atoms with Gasteiger partial charge in [-0.2, -0.15) is 13.2 Å². The maximum atomic E-state index is 12.4. The van der Waals surface area contributed by atoms with Crippen LogP contribution in [0.25, 0.3) is 11.1 Å². The molecule has 1 heterocycles. The first-order valence-corrected chi connectivity index (χ1v) is 11.3. The van der Waals surface area contributed by atoms with Gasteiger partial charge in [-0.3, -0.25) is 19.3 Å². The number of nitrogens with zero attached hydrogens (tertiary/aromatic N) is 1. The van der Waals surface area contributed by atoms with E-state index < -0.39 is 36.2 Å². The van der Waals surface area contributed by atoms with Crippen molar-refractivity contribution in [3.05, 3.63) is 60.2 Å². The molecule has 1 saturated heterocycles. The van der Waals surface area contributed by atoms with Crippen LogP contribution in [0.15, 0.2) is 54.6 Å². The van der Waals surface area contributed by atoms with E-state index in [1.807, 2.05) is 54.6 Å². The molecule has 0 radical (unpaired) electrons. The fraction of sp³-hybridized carbons (Fsp3) is 0.360. The smallest absolute Gasteiger partial charge is 0.481 e. The van der Waals surface area contributed by atoms with Crippen molar-refractivity contribution in [2.24, 2.45) is 0 Å². The minimum absolute atomic E-state index is 0.0416. The first-order valence-electron chi connectivity index (χ1n) is 11.3. The van der Waals surface area contributed by atoms with Crippen LogP contribution in [-0.2, 0) is 25.6 Å². The molecule has 1 amide bonds. The lowest BCUT2D eigenvalue weighted by Crippen LogP contribution is -2.46. The molecule has 2 atom stereocenters. The van der Waals surface area contributed by atoms with E-state index in [9.17, 15) is 37.8 Å². The summed E-state index contributed by atoms with van der Waals surface area (Å²) in [5.74, 6) is -5.03. The van der Waals surface area contributed by atoms with Gasteiger partial charge < -0.3 is 20.6 Å². The third kappa shape index (κ3) is 9.92. The van der Waals surface area contributed by atoms with Gasteiger partial charge in [0.15, 0.2) is 0 Å². The number of hydrogen-bond acceptors (Lipinski definition) is 5. The number of halogens is 3. The van der Waals surface area contributed by atoms with Crippen molar-refractivity contribution in [2.75, 3.05) is 13.1 Å². The van der Waals surface area contributed by atoms with Crippen LogP contribution in [0.3, 0.4) is 0 Å². The highest BCUT2D eigenvalue weighted by atomic mass is 19.4. The van der Waals surface area contributed by atoms with Crippen LogP contribution >= 0.6 is 0 Å². The average molecular weight is 524 g/mol. The molecule has 0 aromatic heterocycles. The number of carboxylic acids is 3. The summed E-state index contributed by atoms with van der Waals surface area (Å²) in [4.78, 5) is 45.5. The number of carbonyl (C=O) groups is 4. The standard InChI is InChI=1S/C23H26N2O5.C2HF3O2/c26-21(15-25-12-4-7-20(25)23(29)30)24-19(14-22(27)28)13-16-8-10-18(11-9-16)17-5-2-1-3-6-17;3-2(4,5)1(6)7/h1-3,5-6,8-11,19-20H,4,7,12-15H2,(H,24,26)(H,27,28)(H,29,30);(H,6,7)/t19-,20+;/m1./s1. The predicted octanol–water partition coefficient (Wildman–Crippen LogP) is 3.04. The Morgan fingerprint density at radius 2 is 1.51 bits per heavy atom. The average Bonchev–Trinajstić information content (AvgIpc) is 3.28. The van der Waals surface area contributed by atoms with Gasteiger partial charge in [0.05, 0.1) is 13.0 Å². The molecular formula is C25H27F3N2O7. The molecule has 37 heavy (non-hydrogen) atoms. The van der Waals surface area contributed by atoms with Crippen LogP contribution in [0.2, 0.25) is 0 Å². The molecule has 1 fully saturated rings. The van der Waals surface area contributed by atoms with Crippen molar-refractivity contribution >= 4 is 23.8 Å². The molecule has 0 bridgehead atoms. The number of amides is 1. The van der Waals surface area contributed by atoms with E-state index in [0.717, 1.165) is 23.1 Å². The topological polar surface area (TPSA) is 144 Å². The second kappa shape index (κ2) is 13.4. The highest BCUT2D eigenvalue weighted by Gasteiger charge is 2.38. The second-order valence-electron chi connectivity index (χ2n) is 8.40. The van der Waals surface area contributed by atoms with Crippen LogP contribution in [0, 0.1) is 0 Å². The van der Waals surface area contributed by atoms with Crippen LogP contribution in [0.5, 0.6) is 0 Å². The molecule has 200 valence electrons. The summed E-state index contributed by atoms with van der Waals surface area (Å²) in [6.45, 7) is 0.509. The zero-order valence-corrected chi connectivity index (χ0v) is 19.6. The van der Waals surface area contributed by atoms with Gasteiger partial charge in [-0.1, -0.05) is 54.6 Å². The summed E-state index contributed by atoms with van der Waals surface area (Å²) in [6, 6.07) is 16.5. The fourth-order valence-electron chi connectivity index (χ4n) is 3.89. The van der Waals surface area contributed by atoms with E-state index in [2.05, 4.69) is 5.32 Å². The normalized spacial score (nSPS) is 16.2. The van der Waals surface area contributed by atoms with Gasteiger partial charge in [0.1, 0.15) is 6.04 Å². The first-order chi connectivity index (χ1) is 17.4. The van der Waals surface area contributed by atoms with Crippen LogP contribution in [0.4, 0.5) is 13.2 Å². The van der Waals surface area contributed by atoms with Gasteiger partial charge in [-0.15, -0.1) is 0 Å². The van der Waals surface area contributed by atoms with Gasteiger partial charge in [0.2, 0.25) is 5.91 Å². The Morgan fingerprint density at radius 3 is 2.03 bits per heavy atom. The minimum Gasteiger partial charge on any atom is -0.481 e. The van der Waals surface area contributed by atoms with Crippen molar-refractivity contribution in [1.82, 2.24) is 10.2 Å². The Morgan fingerprint density at radius 1 is 0.946 bits per heavy atom. The van der Waals surface area contributed by atoms with E-state index in [1.165, 1.54) is 0 Å². The third-order valence-electron chi connectivity index (χ3n) is 5.57. The summed E-state index contributed by atoms with van der Waals surface area (Å²) < 4.78 is 31.7. The van der Waals surface area contributed by atoms with E-state index in [0.29, 0.717) is 19.4 Å². The molecule has 0 saturated carbocycles. The van der Waals surface area contributed by atoms with E-state index in [4.69, 9.17) is 9.90 Å². The number of benzene rings is 2. The number of nitrogens with one attached hydrogen (secondary N) is 1. The Bertz CT molecular complexity index is 1080. The summed E-state index contributed by atoms with van der Waals surface area (Å²) in [6.07, 6.45) is -3.64. The Hall–Kier alpha value is -3.93. The number of alkyl halides is 3. The molecule has 1 aliphatic heterocycles. The van der Waals surface area contributed by atoms with Crippen molar-refractivity contribution < 1.29 is 47.7 Å². The number of carbonyl (C=O) groups excluding carboxylic acids is 1. The molecule has 4 N–H and O–H groups in total. The van der Waals surface area contributed by atoms with Crippen LogP contribution in [-0.4, -0.2) is 75.4 Å². The molecule has 0 aliphatic carbocycles. The Kier molecular flexibility index (Phi) is 10.6. The van der Waals surface area contributed by atoms with Gasteiger partial charge >= 0.3 is 24.1 Å². The SMILES string of the molecule is O=C(O)C(F)(F)F.O=C(O)C[C@@H](Cc1ccc(-c2ccccc2)cc1)NC(=O)CN1CCC[C@H]1C(=O)O. The Labute approximate surface area is 210 Å². The van der Waals surface area contributed by atoms with Crippen molar-refractivity contribution in [2.45, 2.75) is 43.9 Å². The monoisotopic (exact) mass is 524 g/mol. The van der Waals surface area contributed by atoms with Crippen molar-refractivity contribution in [1.29, 1.82) is 0 Å². The summed E-state index contributed by atoms with van der Waals surface area (Å²) >= 11 is 0. The van der Waals surface area contributed by atoms with E-state index in [1.54, 1.807) is 4.90 Å². The minimum atomic E-state index is -5.08. The zero-order chi connectivity index (χ0) is 27.6.